The molecule has 1 heterocycles. The lowest BCUT2D eigenvalue weighted by Gasteiger charge is -2.29. The number of benzene rings is 2. The van der Waals surface area contributed by atoms with E-state index in [4.69, 9.17) is 0 Å². The molecule has 0 radical (unpaired) electrons. The van der Waals surface area contributed by atoms with Crippen molar-refractivity contribution in [3.8, 4) is 0 Å². The predicted molar refractivity (Wildman–Crippen MR) is 107 cm³/mol. The number of hydrogen-bond acceptors (Lipinski definition) is 3. The Morgan fingerprint density at radius 2 is 2.00 bits per heavy atom. The van der Waals surface area contributed by atoms with Gasteiger partial charge in [0.05, 0.1) is 18.0 Å². The van der Waals surface area contributed by atoms with Gasteiger partial charge < -0.3 is 10.2 Å². The second-order valence-corrected chi connectivity index (χ2v) is 7.89. The van der Waals surface area contributed by atoms with Gasteiger partial charge in [-0.05, 0) is 42.2 Å². The molecule has 0 saturated carbocycles. The van der Waals surface area contributed by atoms with E-state index in [0.717, 1.165) is 22.6 Å². The fraction of sp³-hybridized carbons (Fsp3) is 0.333. The zero-order valence-electron chi connectivity index (χ0n) is 15.2. The van der Waals surface area contributed by atoms with E-state index in [9.17, 15) is 9.59 Å². The Morgan fingerprint density at radius 1 is 1.19 bits per heavy atom. The van der Waals surface area contributed by atoms with Crippen LogP contribution in [0.15, 0.2) is 53.4 Å². The molecule has 2 aromatic rings. The summed E-state index contributed by atoms with van der Waals surface area (Å²) in [6.07, 6.45) is 0.960. The van der Waals surface area contributed by atoms with Crippen molar-refractivity contribution in [2.45, 2.75) is 31.7 Å². The number of nitrogens with zero attached hydrogens (tertiary/aromatic N) is 1. The molecule has 0 fully saturated rings. The SMILES string of the molecule is CC(C)CCNC(=O)c1cccc(CN2C(=O)CSc3ccccc32)c1. The minimum absolute atomic E-state index is 0.0616. The van der Waals surface area contributed by atoms with Gasteiger partial charge in [-0.15, -0.1) is 11.8 Å². The highest BCUT2D eigenvalue weighted by Gasteiger charge is 2.24. The lowest BCUT2D eigenvalue weighted by molar-refractivity contribution is -0.116. The number of rotatable bonds is 6. The van der Waals surface area contributed by atoms with E-state index in [1.807, 2.05) is 53.4 Å². The Bertz CT molecular complexity index is 804. The van der Waals surface area contributed by atoms with Crippen LogP contribution in [0.2, 0.25) is 0 Å². The molecule has 0 unspecified atom stereocenters. The highest BCUT2D eigenvalue weighted by Crippen LogP contribution is 2.35. The minimum atomic E-state index is -0.0616. The Kier molecular flexibility index (Phi) is 5.99. The summed E-state index contributed by atoms with van der Waals surface area (Å²) in [5.74, 6) is 1.05. The summed E-state index contributed by atoms with van der Waals surface area (Å²) < 4.78 is 0. The predicted octanol–water partition coefficient (Wildman–Crippen LogP) is 4.10. The monoisotopic (exact) mass is 368 g/mol. The van der Waals surface area contributed by atoms with Crippen molar-refractivity contribution < 1.29 is 9.59 Å². The molecule has 1 aliphatic heterocycles. The molecule has 0 bridgehead atoms. The van der Waals surface area contributed by atoms with Crippen LogP contribution in [0.3, 0.4) is 0 Å². The summed E-state index contributed by atoms with van der Waals surface area (Å²) in [5, 5.41) is 2.96. The number of carbonyl (C=O) groups is 2. The maximum absolute atomic E-state index is 12.4. The molecule has 1 N–H and O–H groups in total. The molecule has 0 spiro atoms. The van der Waals surface area contributed by atoms with Gasteiger partial charge in [-0.2, -0.15) is 0 Å². The molecule has 0 saturated heterocycles. The van der Waals surface area contributed by atoms with Gasteiger partial charge >= 0.3 is 0 Å². The van der Waals surface area contributed by atoms with E-state index in [1.54, 1.807) is 11.8 Å². The fourth-order valence-corrected chi connectivity index (χ4v) is 3.83. The van der Waals surface area contributed by atoms with Crippen molar-refractivity contribution >= 4 is 29.3 Å². The van der Waals surface area contributed by atoms with Gasteiger partial charge in [0.1, 0.15) is 0 Å². The molecule has 1 aliphatic rings. The summed E-state index contributed by atoms with van der Waals surface area (Å²) in [7, 11) is 0. The van der Waals surface area contributed by atoms with Gasteiger partial charge in [0.2, 0.25) is 5.91 Å². The minimum Gasteiger partial charge on any atom is -0.352 e. The zero-order chi connectivity index (χ0) is 18.5. The molecule has 0 atom stereocenters. The Hall–Kier alpha value is -2.27. The van der Waals surface area contributed by atoms with Crippen LogP contribution < -0.4 is 10.2 Å². The number of nitrogens with one attached hydrogen (secondary N) is 1. The first-order chi connectivity index (χ1) is 12.5. The van der Waals surface area contributed by atoms with E-state index in [1.165, 1.54) is 0 Å². The van der Waals surface area contributed by atoms with Crippen LogP contribution in [0.1, 0.15) is 36.2 Å². The molecule has 5 heteroatoms. The number of para-hydroxylation sites is 1. The molecule has 4 nitrogen and oxygen atoms in total. The zero-order valence-corrected chi connectivity index (χ0v) is 16.0. The molecule has 2 aromatic carbocycles. The summed E-state index contributed by atoms with van der Waals surface area (Å²) in [6.45, 7) is 5.43. The number of fused-ring (bicyclic) bond motifs is 1. The van der Waals surface area contributed by atoms with Crippen LogP contribution >= 0.6 is 11.8 Å². The smallest absolute Gasteiger partial charge is 0.251 e. The molecular weight excluding hydrogens is 344 g/mol. The molecule has 2 amide bonds. The molecule has 0 aliphatic carbocycles. The van der Waals surface area contributed by atoms with Crippen molar-refractivity contribution in [3.63, 3.8) is 0 Å². The van der Waals surface area contributed by atoms with E-state index in [2.05, 4.69) is 19.2 Å². The first-order valence-electron chi connectivity index (χ1n) is 8.94. The number of carbonyl (C=O) groups excluding carboxylic acids is 2. The summed E-state index contributed by atoms with van der Waals surface area (Å²) >= 11 is 1.58. The highest BCUT2D eigenvalue weighted by molar-refractivity contribution is 8.00. The van der Waals surface area contributed by atoms with Crippen molar-refractivity contribution in [2.75, 3.05) is 17.2 Å². The van der Waals surface area contributed by atoms with Crippen LogP contribution in [-0.4, -0.2) is 24.1 Å². The topological polar surface area (TPSA) is 49.4 Å². The van der Waals surface area contributed by atoms with Gasteiger partial charge in [0.15, 0.2) is 0 Å². The van der Waals surface area contributed by atoms with Crippen LogP contribution in [-0.2, 0) is 11.3 Å². The lowest BCUT2D eigenvalue weighted by Crippen LogP contribution is -2.34. The fourth-order valence-electron chi connectivity index (χ4n) is 2.90. The van der Waals surface area contributed by atoms with Crippen LogP contribution in [0.5, 0.6) is 0 Å². The Labute approximate surface area is 159 Å². The second kappa shape index (κ2) is 8.41. The maximum atomic E-state index is 12.4. The Morgan fingerprint density at radius 3 is 2.81 bits per heavy atom. The van der Waals surface area contributed by atoms with Crippen molar-refractivity contribution in [1.82, 2.24) is 5.32 Å². The third kappa shape index (κ3) is 4.47. The van der Waals surface area contributed by atoms with Gasteiger partial charge in [0, 0.05) is 17.0 Å². The van der Waals surface area contributed by atoms with Gasteiger partial charge in [-0.1, -0.05) is 38.1 Å². The number of thioether (sulfide) groups is 1. The molecule has 0 aromatic heterocycles. The summed E-state index contributed by atoms with van der Waals surface area (Å²) in [6, 6.07) is 15.5. The van der Waals surface area contributed by atoms with Gasteiger partial charge in [-0.3, -0.25) is 9.59 Å². The third-order valence-corrected chi connectivity index (χ3v) is 5.39. The van der Waals surface area contributed by atoms with E-state index >= 15 is 0 Å². The second-order valence-electron chi connectivity index (χ2n) is 6.88. The molecule has 136 valence electrons. The van der Waals surface area contributed by atoms with Gasteiger partial charge in [-0.25, -0.2) is 0 Å². The van der Waals surface area contributed by atoms with Crippen LogP contribution in [0.4, 0.5) is 5.69 Å². The van der Waals surface area contributed by atoms with E-state index in [0.29, 0.717) is 30.3 Å². The third-order valence-electron chi connectivity index (χ3n) is 4.35. The van der Waals surface area contributed by atoms with Crippen LogP contribution in [0, 0.1) is 5.92 Å². The molecule has 26 heavy (non-hydrogen) atoms. The van der Waals surface area contributed by atoms with E-state index in [-0.39, 0.29) is 11.8 Å². The average Bonchev–Trinajstić information content (AvgIpc) is 2.64. The van der Waals surface area contributed by atoms with Crippen molar-refractivity contribution in [1.29, 1.82) is 0 Å². The van der Waals surface area contributed by atoms with Gasteiger partial charge in [0.25, 0.3) is 5.91 Å². The van der Waals surface area contributed by atoms with Crippen molar-refractivity contribution in [3.05, 3.63) is 59.7 Å². The normalized spacial score (nSPS) is 13.7. The molecule has 3 rings (SSSR count). The Balaban J connectivity index is 1.73. The average molecular weight is 369 g/mol. The first kappa shape index (κ1) is 18.5. The number of amides is 2. The van der Waals surface area contributed by atoms with Crippen LogP contribution in [0.25, 0.3) is 0 Å². The first-order valence-corrected chi connectivity index (χ1v) is 9.92. The van der Waals surface area contributed by atoms with E-state index < -0.39 is 0 Å². The molecular formula is C21H24N2O2S. The number of hydrogen-bond donors (Lipinski definition) is 1. The summed E-state index contributed by atoms with van der Waals surface area (Å²) in [5.41, 5.74) is 2.54. The summed E-state index contributed by atoms with van der Waals surface area (Å²) in [4.78, 5) is 27.7. The highest BCUT2D eigenvalue weighted by atomic mass is 32.2. The number of anilines is 1. The standard InChI is InChI=1S/C21H24N2O2S/c1-15(2)10-11-22-21(25)17-7-5-6-16(12-17)13-23-18-8-3-4-9-19(18)26-14-20(23)24/h3-9,12,15H,10-11,13-14H2,1-2H3,(H,22,25). The largest absolute Gasteiger partial charge is 0.352 e. The quantitative estimate of drug-likeness (QED) is 0.835. The van der Waals surface area contributed by atoms with Crippen molar-refractivity contribution in [2.24, 2.45) is 5.92 Å². The maximum Gasteiger partial charge on any atom is 0.251 e. The lowest BCUT2D eigenvalue weighted by atomic mass is 10.1.